The van der Waals surface area contributed by atoms with E-state index in [0.717, 1.165) is 0 Å². The Hall–Kier alpha value is -0.560. The molecule has 0 aromatic carbocycles. The first-order valence-electron chi connectivity index (χ1n) is 4.42. The molecular weight excluding hydrogens is 239 g/mol. The van der Waals surface area contributed by atoms with Crippen molar-refractivity contribution in [3.63, 3.8) is 0 Å². The van der Waals surface area contributed by atoms with Crippen LogP contribution in [0.1, 0.15) is 13.8 Å². The zero-order chi connectivity index (χ0) is 11.3. The van der Waals surface area contributed by atoms with Crippen molar-refractivity contribution >= 4 is 20.2 Å². The lowest BCUT2D eigenvalue weighted by molar-refractivity contribution is 0.212. The molecule has 0 aliphatic rings. The van der Waals surface area contributed by atoms with E-state index in [2.05, 4.69) is 15.5 Å². The van der Waals surface area contributed by atoms with E-state index in [4.69, 9.17) is 21.7 Å². The molecule has 0 bridgehead atoms. The van der Waals surface area contributed by atoms with E-state index < -0.39 is 7.60 Å². The molecule has 0 fully saturated rings. The predicted octanol–water partition coefficient (Wildman–Crippen LogP) is 1.45. The second-order valence-electron chi connectivity index (χ2n) is 2.55. The topological polar surface area (TPSA) is 79.1 Å². The summed E-state index contributed by atoms with van der Waals surface area (Å²) >= 11 is 4.82. The number of rotatable bonds is 6. The third kappa shape index (κ3) is 3.49. The summed E-state index contributed by atoms with van der Waals surface area (Å²) in [5, 5.41) is 10.6. The van der Waals surface area contributed by atoms with Crippen molar-refractivity contribution in [2.45, 2.75) is 25.3 Å². The summed E-state index contributed by atoms with van der Waals surface area (Å²) in [4.78, 5) is 0. The SMILES string of the molecule is CCOP(=O)(Cn1nnnc1[S])OCC. The highest BCUT2D eigenvalue weighted by Crippen LogP contribution is 2.49. The highest BCUT2D eigenvalue weighted by atomic mass is 32.1. The number of hydrogen-bond donors (Lipinski definition) is 0. The Morgan fingerprint density at radius 3 is 2.40 bits per heavy atom. The maximum Gasteiger partial charge on any atom is 0.352 e. The molecule has 0 aliphatic heterocycles. The number of nitrogens with zero attached hydrogens (tertiary/aromatic N) is 4. The van der Waals surface area contributed by atoms with Crippen LogP contribution in [0.4, 0.5) is 0 Å². The first-order chi connectivity index (χ1) is 7.11. The monoisotopic (exact) mass is 251 g/mol. The smallest absolute Gasteiger partial charge is 0.308 e. The second-order valence-corrected chi connectivity index (χ2v) is 4.94. The second kappa shape index (κ2) is 5.50. The lowest BCUT2D eigenvalue weighted by atomic mass is 10.9. The normalized spacial score (nSPS) is 11.9. The largest absolute Gasteiger partial charge is 0.352 e. The Morgan fingerprint density at radius 2 is 2.00 bits per heavy atom. The van der Waals surface area contributed by atoms with Crippen molar-refractivity contribution in [3.05, 3.63) is 0 Å². The molecule has 85 valence electrons. The van der Waals surface area contributed by atoms with Crippen molar-refractivity contribution < 1.29 is 13.6 Å². The summed E-state index contributed by atoms with van der Waals surface area (Å²) in [5.41, 5.74) is 0. The summed E-state index contributed by atoms with van der Waals surface area (Å²) in [7, 11) is -3.18. The van der Waals surface area contributed by atoms with Gasteiger partial charge in [-0.25, -0.2) is 4.68 Å². The lowest BCUT2D eigenvalue weighted by Crippen LogP contribution is -2.07. The van der Waals surface area contributed by atoms with E-state index in [0.29, 0.717) is 13.2 Å². The van der Waals surface area contributed by atoms with E-state index >= 15 is 0 Å². The van der Waals surface area contributed by atoms with E-state index in [1.54, 1.807) is 13.8 Å². The molecule has 9 heteroatoms. The highest BCUT2D eigenvalue weighted by molar-refractivity contribution is 7.80. The third-order valence-corrected chi connectivity index (χ3v) is 3.67. The molecule has 1 heterocycles. The lowest BCUT2D eigenvalue weighted by Gasteiger charge is -2.16. The molecule has 1 aromatic rings. The fraction of sp³-hybridized carbons (Fsp3) is 0.833. The van der Waals surface area contributed by atoms with Crippen LogP contribution in [0.15, 0.2) is 5.16 Å². The molecule has 0 aliphatic carbocycles. The van der Waals surface area contributed by atoms with Gasteiger partial charge in [-0.2, -0.15) is 0 Å². The molecular formula is C6H12N4O3PS. The van der Waals surface area contributed by atoms with Gasteiger partial charge in [-0.05, 0) is 36.9 Å². The molecule has 0 unspecified atom stereocenters. The fourth-order valence-corrected chi connectivity index (χ4v) is 2.74. The van der Waals surface area contributed by atoms with Gasteiger partial charge < -0.3 is 9.05 Å². The van der Waals surface area contributed by atoms with Crippen LogP contribution in [0, 0.1) is 0 Å². The van der Waals surface area contributed by atoms with Gasteiger partial charge in [-0.3, -0.25) is 4.57 Å². The van der Waals surface area contributed by atoms with Crippen molar-refractivity contribution in [1.29, 1.82) is 0 Å². The number of hydrogen-bond acceptors (Lipinski definition) is 6. The van der Waals surface area contributed by atoms with Gasteiger partial charge in [0.15, 0.2) is 0 Å². The first kappa shape index (κ1) is 12.5. The van der Waals surface area contributed by atoms with Gasteiger partial charge >= 0.3 is 7.60 Å². The van der Waals surface area contributed by atoms with Crippen molar-refractivity contribution in [2.24, 2.45) is 0 Å². The van der Waals surface area contributed by atoms with Gasteiger partial charge in [-0.15, -0.1) is 0 Å². The maximum absolute atomic E-state index is 12.0. The zero-order valence-corrected chi connectivity index (χ0v) is 10.2. The quantitative estimate of drug-likeness (QED) is 0.712. The molecule has 0 atom stereocenters. The van der Waals surface area contributed by atoms with Crippen LogP contribution in [0.5, 0.6) is 0 Å². The highest BCUT2D eigenvalue weighted by Gasteiger charge is 2.26. The van der Waals surface area contributed by atoms with Gasteiger partial charge in [0.25, 0.3) is 0 Å². The molecule has 7 nitrogen and oxygen atoms in total. The standard InChI is InChI=1S/C6H12N4O3PS/c1-3-12-14(11,13-4-2)5-10-6(15)7-8-9-10/h3-5H2,1-2H3. The third-order valence-electron chi connectivity index (χ3n) is 1.46. The fourth-order valence-electron chi connectivity index (χ4n) is 0.962. The predicted molar refractivity (Wildman–Crippen MR) is 54.5 cm³/mol. The molecule has 0 saturated heterocycles. The van der Waals surface area contributed by atoms with Gasteiger partial charge in [0, 0.05) is 0 Å². The molecule has 0 saturated carbocycles. The summed E-state index contributed by atoms with van der Waals surface area (Å²) in [6.07, 6.45) is -0.0550. The van der Waals surface area contributed by atoms with E-state index in [9.17, 15) is 4.57 Å². The Labute approximate surface area is 93.1 Å². The Kier molecular flexibility index (Phi) is 4.59. The van der Waals surface area contributed by atoms with Crippen molar-refractivity contribution in [3.8, 4) is 0 Å². The average Bonchev–Trinajstić information content (AvgIpc) is 2.52. The van der Waals surface area contributed by atoms with Crippen LogP contribution in [0.25, 0.3) is 0 Å². The number of aromatic nitrogens is 4. The van der Waals surface area contributed by atoms with Gasteiger partial charge in [0.05, 0.1) is 13.2 Å². The molecule has 15 heavy (non-hydrogen) atoms. The van der Waals surface area contributed by atoms with Crippen molar-refractivity contribution in [2.75, 3.05) is 13.2 Å². The van der Waals surface area contributed by atoms with Crippen LogP contribution < -0.4 is 0 Å². The summed E-state index contributed by atoms with van der Waals surface area (Å²) in [6.45, 7) is 4.07. The van der Waals surface area contributed by atoms with Gasteiger partial charge in [0.1, 0.15) is 6.29 Å². The van der Waals surface area contributed by atoms with Gasteiger partial charge in [0.2, 0.25) is 5.16 Å². The van der Waals surface area contributed by atoms with Crippen LogP contribution in [-0.2, 0) is 19.9 Å². The minimum absolute atomic E-state index is 0.0550. The minimum Gasteiger partial charge on any atom is -0.308 e. The van der Waals surface area contributed by atoms with E-state index in [-0.39, 0.29) is 11.4 Å². The van der Waals surface area contributed by atoms with Crippen LogP contribution in [0.2, 0.25) is 0 Å². The first-order valence-corrected chi connectivity index (χ1v) is 6.56. The van der Waals surface area contributed by atoms with E-state index in [1.165, 1.54) is 4.68 Å². The van der Waals surface area contributed by atoms with E-state index in [1.807, 2.05) is 0 Å². The summed E-state index contributed by atoms with van der Waals surface area (Å²) in [5.74, 6) is 0. The molecule has 1 radical (unpaired) electrons. The number of tetrazole rings is 1. The maximum atomic E-state index is 12.0. The zero-order valence-electron chi connectivity index (χ0n) is 8.49. The van der Waals surface area contributed by atoms with Crippen LogP contribution >= 0.6 is 20.2 Å². The Morgan fingerprint density at radius 1 is 1.40 bits per heavy atom. The van der Waals surface area contributed by atoms with Gasteiger partial charge in [-0.1, -0.05) is 5.10 Å². The Bertz CT molecular complexity index is 348. The summed E-state index contributed by atoms with van der Waals surface area (Å²) in [6, 6.07) is 0. The van der Waals surface area contributed by atoms with Crippen molar-refractivity contribution in [1.82, 2.24) is 20.2 Å². The molecule has 0 spiro atoms. The minimum atomic E-state index is -3.18. The molecule has 0 N–H and O–H groups in total. The molecule has 1 rings (SSSR count). The van der Waals surface area contributed by atoms with Crippen LogP contribution in [0.3, 0.4) is 0 Å². The Balaban J connectivity index is 2.75. The average molecular weight is 251 g/mol. The molecule has 0 amide bonds. The molecule has 1 aromatic heterocycles. The van der Waals surface area contributed by atoms with Crippen LogP contribution in [-0.4, -0.2) is 33.4 Å². The summed E-state index contributed by atoms with van der Waals surface area (Å²) < 4.78 is 23.4.